The molecular formula is C20H18N4O3S. The first kappa shape index (κ1) is 19.2. The summed E-state index contributed by atoms with van der Waals surface area (Å²) in [5.41, 5.74) is 2.32. The zero-order chi connectivity index (χ0) is 20.0. The Bertz CT molecular complexity index is 1080. The topological polar surface area (TPSA) is 101 Å². The Balaban J connectivity index is 1.62. The summed E-state index contributed by atoms with van der Waals surface area (Å²) in [6.45, 7) is 1.96. The van der Waals surface area contributed by atoms with Crippen molar-refractivity contribution in [2.24, 2.45) is 0 Å². The van der Waals surface area contributed by atoms with Gasteiger partial charge in [0.15, 0.2) is 5.78 Å². The molecule has 0 saturated heterocycles. The maximum Gasteiger partial charge on any atom is 0.264 e. The molecule has 0 bridgehead atoms. The molecule has 1 aromatic heterocycles. The van der Waals surface area contributed by atoms with E-state index in [1.807, 2.05) is 19.1 Å². The number of hydrogen-bond acceptors (Lipinski definition) is 6. The molecule has 142 valence electrons. The van der Waals surface area contributed by atoms with E-state index in [1.165, 1.54) is 36.8 Å². The number of benzene rings is 2. The van der Waals surface area contributed by atoms with Gasteiger partial charge in [-0.05, 0) is 37.3 Å². The number of nitrogens with zero attached hydrogens (tertiary/aromatic N) is 2. The Morgan fingerprint density at radius 3 is 2.25 bits per heavy atom. The van der Waals surface area contributed by atoms with Crippen molar-refractivity contribution in [2.45, 2.75) is 11.8 Å². The van der Waals surface area contributed by atoms with Crippen LogP contribution in [0, 0.1) is 6.92 Å². The smallest absolute Gasteiger partial charge is 0.264 e. The van der Waals surface area contributed by atoms with Crippen LogP contribution in [-0.4, -0.2) is 24.2 Å². The SMILES string of the molecule is Cc1ccc(C(=O)/C=C/Nc2ccc(S(=O)(=O)Nc3ncccn3)cc2)cc1. The summed E-state index contributed by atoms with van der Waals surface area (Å²) in [7, 11) is -3.78. The summed E-state index contributed by atoms with van der Waals surface area (Å²) in [5.74, 6) is -0.124. The van der Waals surface area contributed by atoms with Gasteiger partial charge in [-0.3, -0.25) is 4.79 Å². The van der Waals surface area contributed by atoms with Gasteiger partial charge in [-0.2, -0.15) is 0 Å². The fourth-order valence-corrected chi connectivity index (χ4v) is 3.25. The number of carbonyl (C=O) groups is 1. The molecule has 1 heterocycles. The van der Waals surface area contributed by atoms with Crippen molar-refractivity contribution in [1.82, 2.24) is 9.97 Å². The van der Waals surface area contributed by atoms with E-state index in [2.05, 4.69) is 20.0 Å². The zero-order valence-corrected chi connectivity index (χ0v) is 15.8. The molecule has 2 N–H and O–H groups in total. The molecule has 0 fully saturated rings. The van der Waals surface area contributed by atoms with E-state index in [-0.39, 0.29) is 16.6 Å². The zero-order valence-electron chi connectivity index (χ0n) is 15.0. The van der Waals surface area contributed by atoms with Gasteiger partial charge in [0.25, 0.3) is 10.0 Å². The summed E-state index contributed by atoms with van der Waals surface area (Å²) < 4.78 is 27.0. The van der Waals surface area contributed by atoms with Crippen molar-refractivity contribution < 1.29 is 13.2 Å². The number of aromatic nitrogens is 2. The second kappa shape index (κ2) is 8.45. The second-order valence-corrected chi connectivity index (χ2v) is 7.59. The van der Waals surface area contributed by atoms with Gasteiger partial charge in [0.05, 0.1) is 4.90 Å². The van der Waals surface area contributed by atoms with Crippen LogP contribution >= 0.6 is 0 Å². The number of nitrogens with one attached hydrogen (secondary N) is 2. The molecule has 0 amide bonds. The summed E-state index contributed by atoms with van der Waals surface area (Å²) in [5, 5.41) is 2.94. The lowest BCUT2D eigenvalue weighted by Crippen LogP contribution is -2.14. The molecule has 0 unspecified atom stereocenters. The number of anilines is 2. The van der Waals surface area contributed by atoms with Gasteiger partial charge in [-0.25, -0.2) is 23.1 Å². The molecule has 0 aliphatic rings. The van der Waals surface area contributed by atoms with Crippen LogP contribution in [0.1, 0.15) is 15.9 Å². The highest BCUT2D eigenvalue weighted by Gasteiger charge is 2.15. The van der Waals surface area contributed by atoms with Crippen LogP contribution < -0.4 is 10.0 Å². The molecular weight excluding hydrogens is 376 g/mol. The van der Waals surface area contributed by atoms with Crippen LogP contribution in [0.5, 0.6) is 0 Å². The van der Waals surface area contributed by atoms with Crippen molar-refractivity contribution in [3.8, 4) is 0 Å². The predicted molar refractivity (Wildman–Crippen MR) is 108 cm³/mol. The lowest BCUT2D eigenvalue weighted by atomic mass is 10.1. The van der Waals surface area contributed by atoms with E-state index in [9.17, 15) is 13.2 Å². The van der Waals surface area contributed by atoms with E-state index in [1.54, 1.807) is 30.3 Å². The number of aryl methyl sites for hydroxylation is 1. The summed E-state index contributed by atoms with van der Waals surface area (Å²) in [4.78, 5) is 19.8. The van der Waals surface area contributed by atoms with Crippen LogP contribution in [0.2, 0.25) is 0 Å². The normalized spacial score (nSPS) is 11.3. The molecule has 2 aromatic carbocycles. The molecule has 7 nitrogen and oxygen atoms in total. The Morgan fingerprint density at radius 1 is 0.964 bits per heavy atom. The van der Waals surface area contributed by atoms with E-state index in [4.69, 9.17) is 0 Å². The van der Waals surface area contributed by atoms with Crippen LogP contribution in [0.4, 0.5) is 11.6 Å². The monoisotopic (exact) mass is 394 g/mol. The van der Waals surface area contributed by atoms with Gasteiger partial charge >= 0.3 is 0 Å². The Morgan fingerprint density at radius 2 is 1.61 bits per heavy atom. The molecule has 3 rings (SSSR count). The van der Waals surface area contributed by atoms with Crippen molar-refractivity contribution >= 4 is 27.4 Å². The maximum atomic E-state index is 12.3. The van der Waals surface area contributed by atoms with E-state index in [0.29, 0.717) is 11.3 Å². The van der Waals surface area contributed by atoms with Gasteiger partial charge in [-0.15, -0.1) is 0 Å². The van der Waals surface area contributed by atoms with Gasteiger partial charge in [0.1, 0.15) is 0 Å². The first-order chi connectivity index (χ1) is 13.4. The molecule has 3 aromatic rings. The lowest BCUT2D eigenvalue weighted by molar-refractivity contribution is 0.104. The highest BCUT2D eigenvalue weighted by atomic mass is 32.2. The average molecular weight is 394 g/mol. The van der Waals surface area contributed by atoms with Gasteiger partial charge in [0.2, 0.25) is 5.95 Å². The number of ketones is 1. The average Bonchev–Trinajstić information content (AvgIpc) is 2.69. The second-order valence-electron chi connectivity index (χ2n) is 5.91. The number of sulfonamides is 1. The number of rotatable bonds is 7. The van der Waals surface area contributed by atoms with Gasteiger partial charge < -0.3 is 5.32 Å². The number of carbonyl (C=O) groups excluding carboxylic acids is 1. The molecule has 8 heteroatoms. The minimum absolute atomic E-state index is 0.00209. The fraction of sp³-hybridized carbons (Fsp3) is 0.0500. The van der Waals surface area contributed by atoms with Crippen LogP contribution in [0.3, 0.4) is 0 Å². The molecule has 0 spiro atoms. The molecule has 0 atom stereocenters. The van der Waals surface area contributed by atoms with Crippen molar-refractivity contribution in [1.29, 1.82) is 0 Å². The van der Waals surface area contributed by atoms with Crippen LogP contribution in [0.15, 0.2) is 84.2 Å². The fourth-order valence-electron chi connectivity index (χ4n) is 2.29. The summed E-state index contributed by atoms with van der Waals surface area (Å²) in [6.07, 6.45) is 5.83. The van der Waals surface area contributed by atoms with Crippen molar-refractivity contribution in [3.63, 3.8) is 0 Å². The first-order valence-electron chi connectivity index (χ1n) is 8.38. The van der Waals surface area contributed by atoms with Gasteiger partial charge in [0, 0.05) is 35.9 Å². The molecule has 0 aliphatic heterocycles. The number of allylic oxidation sites excluding steroid dienone is 1. The lowest BCUT2D eigenvalue weighted by Gasteiger charge is -2.07. The van der Waals surface area contributed by atoms with Crippen molar-refractivity contribution in [2.75, 3.05) is 10.0 Å². The third-order valence-electron chi connectivity index (χ3n) is 3.78. The third kappa shape index (κ3) is 5.01. The minimum atomic E-state index is -3.78. The summed E-state index contributed by atoms with van der Waals surface area (Å²) in [6, 6.07) is 15.0. The van der Waals surface area contributed by atoms with Crippen LogP contribution in [0.25, 0.3) is 0 Å². The molecule has 28 heavy (non-hydrogen) atoms. The Labute approximate surface area is 163 Å². The highest BCUT2D eigenvalue weighted by Crippen LogP contribution is 2.16. The number of hydrogen-bond donors (Lipinski definition) is 2. The quantitative estimate of drug-likeness (QED) is 0.470. The largest absolute Gasteiger partial charge is 0.362 e. The molecule has 0 radical (unpaired) electrons. The Hall–Kier alpha value is -3.52. The Kier molecular flexibility index (Phi) is 5.81. The predicted octanol–water partition coefficient (Wildman–Crippen LogP) is 3.39. The van der Waals surface area contributed by atoms with Crippen molar-refractivity contribution in [3.05, 3.63) is 90.4 Å². The van der Waals surface area contributed by atoms with E-state index in [0.717, 1.165) is 5.56 Å². The third-order valence-corrected chi connectivity index (χ3v) is 5.12. The molecule has 0 aliphatic carbocycles. The van der Waals surface area contributed by atoms with E-state index < -0.39 is 10.0 Å². The minimum Gasteiger partial charge on any atom is -0.362 e. The van der Waals surface area contributed by atoms with E-state index >= 15 is 0 Å². The molecule has 0 saturated carbocycles. The highest BCUT2D eigenvalue weighted by molar-refractivity contribution is 7.92. The summed E-state index contributed by atoms with van der Waals surface area (Å²) >= 11 is 0. The first-order valence-corrected chi connectivity index (χ1v) is 9.86. The maximum absolute atomic E-state index is 12.3. The van der Waals surface area contributed by atoms with Crippen LogP contribution in [-0.2, 0) is 10.0 Å². The van der Waals surface area contributed by atoms with Gasteiger partial charge in [-0.1, -0.05) is 29.8 Å². The standard InChI is InChI=1S/C20H18N4O3S/c1-15-3-5-16(6-4-15)19(25)11-14-21-17-7-9-18(10-8-17)28(26,27)24-20-22-12-2-13-23-20/h2-14,21H,1H3,(H,22,23,24)/b14-11+.